The Morgan fingerprint density at radius 1 is 1.35 bits per heavy atom. The minimum atomic E-state index is -3.38. The fourth-order valence-electron chi connectivity index (χ4n) is 1.70. The van der Waals surface area contributed by atoms with E-state index < -0.39 is 10.0 Å². The predicted octanol–water partition coefficient (Wildman–Crippen LogP) is 2.63. The number of hydrogen-bond acceptors (Lipinski definition) is 4. The van der Waals surface area contributed by atoms with Crippen molar-refractivity contribution in [3.05, 3.63) is 16.5 Å². The van der Waals surface area contributed by atoms with Crippen LogP contribution in [0.4, 0.5) is 0 Å². The molecule has 1 aromatic heterocycles. The van der Waals surface area contributed by atoms with E-state index in [0.717, 1.165) is 17.0 Å². The van der Waals surface area contributed by atoms with Gasteiger partial charge in [0.25, 0.3) is 0 Å². The van der Waals surface area contributed by atoms with Crippen LogP contribution in [0, 0.1) is 12.3 Å². The first kappa shape index (κ1) is 15.9. The molecule has 2 rings (SSSR count). The molecule has 1 saturated carbocycles. The molecule has 0 amide bonds. The lowest BCUT2D eigenvalue weighted by Gasteiger charge is -2.18. The Bertz CT molecular complexity index is 566. The van der Waals surface area contributed by atoms with E-state index in [4.69, 9.17) is 0 Å². The van der Waals surface area contributed by atoms with Crippen molar-refractivity contribution in [3.63, 3.8) is 0 Å². The van der Waals surface area contributed by atoms with Crippen LogP contribution in [0.25, 0.3) is 0 Å². The van der Waals surface area contributed by atoms with Crippen LogP contribution in [0.5, 0.6) is 0 Å². The van der Waals surface area contributed by atoms with Crippen LogP contribution in [0.2, 0.25) is 0 Å². The summed E-state index contributed by atoms with van der Waals surface area (Å²) in [5.41, 5.74) is 0.995. The van der Waals surface area contributed by atoms with Crippen molar-refractivity contribution in [2.75, 3.05) is 6.54 Å². The molecule has 0 radical (unpaired) electrons. The van der Waals surface area contributed by atoms with Crippen LogP contribution in [-0.2, 0) is 16.6 Å². The van der Waals surface area contributed by atoms with Gasteiger partial charge in [0, 0.05) is 24.0 Å². The molecule has 1 fully saturated rings. The van der Waals surface area contributed by atoms with E-state index in [1.165, 1.54) is 24.2 Å². The van der Waals surface area contributed by atoms with Gasteiger partial charge in [-0.2, -0.15) is 0 Å². The van der Waals surface area contributed by atoms with Gasteiger partial charge in [-0.05, 0) is 36.8 Å². The van der Waals surface area contributed by atoms with Crippen molar-refractivity contribution in [2.45, 2.75) is 57.3 Å². The summed E-state index contributed by atoms with van der Waals surface area (Å²) in [6.45, 7) is 9.24. The molecule has 0 unspecified atom stereocenters. The normalized spacial score (nSPS) is 16.6. The Labute approximate surface area is 126 Å². The van der Waals surface area contributed by atoms with Gasteiger partial charge in [0.05, 0.1) is 0 Å². The van der Waals surface area contributed by atoms with Gasteiger partial charge in [0.15, 0.2) is 0 Å². The summed E-state index contributed by atoms with van der Waals surface area (Å²) in [6, 6.07) is 2.41. The third-order valence-corrected chi connectivity index (χ3v) is 6.30. The molecule has 0 atom stereocenters. The highest BCUT2D eigenvalue weighted by atomic mass is 32.2. The zero-order chi connectivity index (χ0) is 15.0. The van der Waals surface area contributed by atoms with Crippen molar-refractivity contribution in [2.24, 2.45) is 5.41 Å². The molecule has 1 aliphatic carbocycles. The summed E-state index contributed by atoms with van der Waals surface area (Å²) >= 11 is 1.37. The summed E-state index contributed by atoms with van der Waals surface area (Å²) in [7, 11) is -3.38. The molecule has 6 heteroatoms. The Balaban J connectivity index is 2.05. The summed E-state index contributed by atoms with van der Waals surface area (Å²) < 4.78 is 27.7. The van der Waals surface area contributed by atoms with Crippen molar-refractivity contribution < 1.29 is 8.42 Å². The first-order valence-electron chi connectivity index (χ1n) is 7.00. The fraction of sp³-hybridized carbons (Fsp3) is 0.714. The lowest BCUT2D eigenvalue weighted by molar-refractivity contribution is 0.408. The van der Waals surface area contributed by atoms with Crippen LogP contribution in [0.3, 0.4) is 0 Å². The first-order valence-corrected chi connectivity index (χ1v) is 9.30. The van der Waals surface area contributed by atoms with E-state index in [0.29, 0.717) is 16.8 Å². The molecule has 2 N–H and O–H groups in total. The van der Waals surface area contributed by atoms with E-state index in [9.17, 15) is 8.42 Å². The van der Waals surface area contributed by atoms with E-state index in [-0.39, 0.29) is 5.41 Å². The predicted molar refractivity (Wildman–Crippen MR) is 83.6 cm³/mol. The Hall–Kier alpha value is -0.430. The summed E-state index contributed by atoms with van der Waals surface area (Å²) in [6.07, 6.45) is 2.48. The minimum Gasteiger partial charge on any atom is -0.309 e. The molecule has 1 aliphatic rings. The molecule has 20 heavy (non-hydrogen) atoms. The molecule has 0 saturated heterocycles. The lowest BCUT2D eigenvalue weighted by Crippen LogP contribution is -2.31. The number of aryl methyl sites for hydroxylation is 1. The molecule has 0 aliphatic heterocycles. The molecule has 1 heterocycles. The number of thiophene rings is 1. The zero-order valence-electron chi connectivity index (χ0n) is 12.6. The van der Waals surface area contributed by atoms with Crippen LogP contribution in [0.15, 0.2) is 10.3 Å². The molecular formula is C14H24N2O2S2. The van der Waals surface area contributed by atoms with Crippen LogP contribution in [0.1, 0.15) is 44.1 Å². The van der Waals surface area contributed by atoms with Crippen LogP contribution >= 0.6 is 11.3 Å². The van der Waals surface area contributed by atoms with Gasteiger partial charge >= 0.3 is 0 Å². The molecule has 0 bridgehead atoms. The maximum Gasteiger partial charge on any atom is 0.250 e. The topological polar surface area (TPSA) is 58.2 Å². The SMILES string of the molecule is Cc1cc(S(=O)(=O)NCC(C)(C)C)sc1CNC1CC1. The van der Waals surface area contributed by atoms with Gasteiger partial charge in [0.2, 0.25) is 10.0 Å². The summed E-state index contributed by atoms with van der Waals surface area (Å²) in [4.78, 5) is 1.12. The van der Waals surface area contributed by atoms with E-state index in [2.05, 4.69) is 10.0 Å². The standard InChI is InChI=1S/C14H24N2O2S2/c1-10-7-13(19-12(10)8-15-11-5-6-11)20(17,18)16-9-14(2,3)4/h7,11,15-16H,5-6,8-9H2,1-4H3. The summed E-state index contributed by atoms with van der Waals surface area (Å²) in [5.74, 6) is 0. The monoisotopic (exact) mass is 316 g/mol. The quantitative estimate of drug-likeness (QED) is 0.848. The Morgan fingerprint density at radius 3 is 2.55 bits per heavy atom. The van der Waals surface area contributed by atoms with E-state index in [1.807, 2.05) is 27.7 Å². The molecule has 0 aromatic carbocycles. The lowest BCUT2D eigenvalue weighted by atomic mass is 9.98. The second-order valence-corrected chi connectivity index (χ2v) is 9.84. The second kappa shape index (κ2) is 5.75. The fourth-order valence-corrected chi connectivity index (χ4v) is 4.57. The summed E-state index contributed by atoms with van der Waals surface area (Å²) in [5, 5.41) is 3.43. The highest BCUT2D eigenvalue weighted by Crippen LogP contribution is 2.28. The zero-order valence-corrected chi connectivity index (χ0v) is 14.2. The third-order valence-electron chi connectivity index (χ3n) is 3.18. The molecule has 1 aromatic rings. The van der Waals surface area contributed by atoms with Gasteiger partial charge < -0.3 is 5.32 Å². The van der Waals surface area contributed by atoms with Gasteiger partial charge in [-0.15, -0.1) is 11.3 Å². The minimum absolute atomic E-state index is 0.0598. The van der Waals surface area contributed by atoms with E-state index >= 15 is 0 Å². The van der Waals surface area contributed by atoms with Crippen molar-refractivity contribution in [3.8, 4) is 0 Å². The highest BCUT2D eigenvalue weighted by molar-refractivity contribution is 7.91. The number of sulfonamides is 1. The van der Waals surface area contributed by atoms with Crippen molar-refractivity contribution in [1.82, 2.24) is 10.0 Å². The highest BCUT2D eigenvalue weighted by Gasteiger charge is 2.23. The average Bonchev–Trinajstić information content (AvgIpc) is 3.07. The van der Waals surface area contributed by atoms with E-state index in [1.54, 1.807) is 6.07 Å². The Kier molecular flexibility index (Phi) is 4.59. The van der Waals surface area contributed by atoms with Crippen LogP contribution in [-0.4, -0.2) is 21.0 Å². The van der Waals surface area contributed by atoms with Crippen LogP contribution < -0.4 is 10.0 Å². The van der Waals surface area contributed by atoms with Crippen molar-refractivity contribution in [1.29, 1.82) is 0 Å². The number of nitrogens with one attached hydrogen (secondary N) is 2. The third kappa shape index (κ3) is 4.55. The van der Waals surface area contributed by atoms with Gasteiger partial charge in [-0.25, -0.2) is 13.1 Å². The maximum absolute atomic E-state index is 12.3. The van der Waals surface area contributed by atoms with Gasteiger partial charge in [-0.3, -0.25) is 0 Å². The smallest absolute Gasteiger partial charge is 0.250 e. The number of rotatable bonds is 6. The average molecular weight is 316 g/mol. The molecule has 114 valence electrons. The molecular weight excluding hydrogens is 292 g/mol. The Morgan fingerprint density at radius 2 is 2.00 bits per heavy atom. The number of hydrogen-bond donors (Lipinski definition) is 2. The maximum atomic E-state index is 12.3. The largest absolute Gasteiger partial charge is 0.309 e. The van der Waals surface area contributed by atoms with Crippen molar-refractivity contribution >= 4 is 21.4 Å². The molecule has 0 spiro atoms. The molecule has 4 nitrogen and oxygen atoms in total. The van der Waals surface area contributed by atoms with Gasteiger partial charge in [-0.1, -0.05) is 20.8 Å². The van der Waals surface area contributed by atoms with Gasteiger partial charge in [0.1, 0.15) is 4.21 Å². The second-order valence-electron chi connectivity index (χ2n) is 6.71. The first-order chi connectivity index (χ1) is 9.17.